The first-order valence-corrected chi connectivity index (χ1v) is 10.8. The number of halogens is 3. The van der Waals surface area contributed by atoms with Gasteiger partial charge in [0, 0.05) is 6.54 Å². The van der Waals surface area contributed by atoms with E-state index in [4.69, 9.17) is 5.11 Å². The maximum absolute atomic E-state index is 12.9. The van der Waals surface area contributed by atoms with Crippen molar-refractivity contribution >= 4 is 16.3 Å². The summed E-state index contributed by atoms with van der Waals surface area (Å²) in [6.07, 6.45) is 1.78. The summed E-state index contributed by atoms with van der Waals surface area (Å²) in [7, 11) is -4.15. The molecule has 1 saturated carbocycles. The van der Waals surface area contributed by atoms with Gasteiger partial charge in [0.25, 0.3) is 10.2 Å². The van der Waals surface area contributed by atoms with E-state index in [0.29, 0.717) is 17.1 Å². The Bertz CT molecular complexity index is 900. The van der Waals surface area contributed by atoms with Crippen LogP contribution >= 0.6 is 0 Å². The Morgan fingerprint density at radius 1 is 1.21 bits per heavy atom. The van der Waals surface area contributed by atoms with Crippen LogP contribution in [0.25, 0.3) is 6.08 Å². The van der Waals surface area contributed by atoms with Gasteiger partial charge in [0.1, 0.15) is 6.54 Å². The molecule has 1 aliphatic heterocycles. The Kier molecular flexibility index (Phi) is 4.85. The van der Waals surface area contributed by atoms with Gasteiger partial charge in [-0.15, -0.1) is 0 Å². The molecule has 2 fully saturated rings. The Balaban J connectivity index is 1.66. The molecule has 0 aromatic heterocycles. The lowest BCUT2D eigenvalue weighted by atomic mass is 9.79. The molecule has 4 rings (SSSR count). The van der Waals surface area contributed by atoms with Crippen LogP contribution < -0.4 is 4.72 Å². The van der Waals surface area contributed by atoms with Crippen molar-refractivity contribution in [1.82, 2.24) is 9.03 Å². The summed E-state index contributed by atoms with van der Waals surface area (Å²) in [6, 6.07) is 6.00. The minimum atomic E-state index is -4.57. The summed E-state index contributed by atoms with van der Waals surface area (Å²) in [6.45, 7) is -1.64. The molecule has 0 radical (unpaired) electrons. The maximum atomic E-state index is 12.9. The standard InChI is InChI=1S/C19H23F3N2O3S/c20-19(21,22)12-24-11-18(23-28(24,26)27)16-5-6-17(18)10-15-8-13(2-1-7-25)3-4-14(15)9-16/h1-4,8,16-17,23,25H,5-7,9-12H2/t16-,17+,18+/m0/s1. The molecule has 2 bridgehead atoms. The van der Waals surface area contributed by atoms with E-state index in [1.54, 1.807) is 6.08 Å². The van der Waals surface area contributed by atoms with Crippen molar-refractivity contribution in [3.05, 3.63) is 41.0 Å². The van der Waals surface area contributed by atoms with Crippen molar-refractivity contribution in [3.63, 3.8) is 0 Å². The third kappa shape index (κ3) is 3.49. The number of alkyl halides is 3. The molecule has 28 heavy (non-hydrogen) atoms. The predicted molar refractivity (Wildman–Crippen MR) is 98.6 cm³/mol. The van der Waals surface area contributed by atoms with Crippen molar-refractivity contribution < 1.29 is 26.7 Å². The fraction of sp³-hybridized carbons (Fsp3) is 0.579. The van der Waals surface area contributed by atoms with E-state index in [0.717, 1.165) is 29.5 Å². The highest BCUT2D eigenvalue weighted by Crippen LogP contribution is 2.50. The first-order valence-electron chi connectivity index (χ1n) is 9.38. The SMILES string of the molecule is O=S1(=O)N[C@@]2(CN1CC(F)(F)F)[C@@H]1CC[C@H]2Cc2ccc(C=CCO)cc2C1. The summed E-state index contributed by atoms with van der Waals surface area (Å²) in [5.74, 6) is -0.0607. The van der Waals surface area contributed by atoms with E-state index in [9.17, 15) is 21.6 Å². The van der Waals surface area contributed by atoms with Crippen molar-refractivity contribution in [3.8, 4) is 0 Å². The second-order valence-electron chi connectivity index (χ2n) is 8.02. The maximum Gasteiger partial charge on any atom is 0.402 e. The monoisotopic (exact) mass is 416 g/mol. The molecule has 2 N–H and O–H groups in total. The van der Waals surface area contributed by atoms with Gasteiger partial charge in [0.05, 0.1) is 12.1 Å². The first-order chi connectivity index (χ1) is 13.1. The second kappa shape index (κ2) is 6.83. The van der Waals surface area contributed by atoms with E-state index in [1.807, 2.05) is 24.3 Å². The molecule has 9 heteroatoms. The normalized spacial score (nSPS) is 32.1. The highest BCUT2D eigenvalue weighted by Gasteiger charge is 2.60. The highest BCUT2D eigenvalue weighted by atomic mass is 32.2. The van der Waals surface area contributed by atoms with Crippen LogP contribution in [0, 0.1) is 11.8 Å². The van der Waals surface area contributed by atoms with E-state index < -0.39 is 28.5 Å². The minimum Gasteiger partial charge on any atom is -0.392 e. The van der Waals surface area contributed by atoms with Gasteiger partial charge in [0.15, 0.2) is 0 Å². The van der Waals surface area contributed by atoms with Crippen LogP contribution in [0.5, 0.6) is 0 Å². The lowest BCUT2D eigenvalue weighted by Crippen LogP contribution is -2.52. The Morgan fingerprint density at radius 3 is 2.54 bits per heavy atom. The quantitative estimate of drug-likeness (QED) is 0.794. The lowest BCUT2D eigenvalue weighted by Gasteiger charge is -2.33. The highest BCUT2D eigenvalue weighted by molar-refractivity contribution is 7.87. The van der Waals surface area contributed by atoms with Crippen LogP contribution in [-0.4, -0.2) is 49.2 Å². The van der Waals surface area contributed by atoms with E-state index in [-0.39, 0.29) is 25.0 Å². The summed E-state index contributed by atoms with van der Waals surface area (Å²) in [5.41, 5.74) is 2.34. The van der Waals surface area contributed by atoms with E-state index in [1.165, 1.54) is 0 Å². The van der Waals surface area contributed by atoms with Crippen molar-refractivity contribution in [2.24, 2.45) is 11.8 Å². The number of aliphatic hydroxyl groups is 1. The van der Waals surface area contributed by atoms with Crippen molar-refractivity contribution in [2.75, 3.05) is 19.7 Å². The van der Waals surface area contributed by atoms with Crippen LogP contribution in [0.4, 0.5) is 13.2 Å². The Morgan fingerprint density at radius 2 is 1.89 bits per heavy atom. The molecule has 1 aromatic carbocycles. The molecule has 1 aromatic rings. The topological polar surface area (TPSA) is 69.6 Å². The van der Waals surface area contributed by atoms with Crippen molar-refractivity contribution in [2.45, 2.75) is 37.4 Å². The fourth-order valence-corrected chi connectivity index (χ4v) is 6.86. The number of hydrogen-bond donors (Lipinski definition) is 2. The molecule has 1 saturated heterocycles. The molecular weight excluding hydrogens is 393 g/mol. The molecule has 2 aliphatic carbocycles. The van der Waals surface area contributed by atoms with Crippen LogP contribution in [-0.2, 0) is 23.1 Å². The Labute approximate surface area is 162 Å². The van der Waals surface area contributed by atoms with E-state index in [2.05, 4.69) is 4.72 Å². The van der Waals surface area contributed by atoms with Crippen LogP contribution in [0.3, 0.4) is 0 Å². The van der Waals surface area contributed by atoms with Crippen molar-refractivity contribution in [1.29, 1.82) is 0 Å². The molecule has 154 valence electrons. The number of aliphatic hydroxyl groups excluding tert-OH is 1. The summed E-state index contributed by atoms with van der Waals surface area (Å²) >= 11 is 0. The third-order valence-electron chi connectivity index (χ3n) is 6.35. The number of nitrogens with one attached hydrogen (secondary N) is 1. The van der Waals surface area contributed by atoms with Crippen LogP contribution in [0.2, 0.25) is 0 Å². The van der Waals surface area contributed by atoms with Gasteiger partial charge in [-0.25, -0.2) is 0 Å². The third-order valence-corrected chi connectivity index (χ3v) is 7.93. The van der Waals surface area contributed by atoms with Gasteiger partial charge < -0.3 is 5.11 Å². The van der Waals surface area contributed by atoms with Gasteiger partial charge in [0.2, 0.25) is 0 Å². The van der Waals surface area contributed by atoms with Crippen LogP contribution in [0.1, 0.15) is 29.5 Å². The molecule has 1 spiro atoms. The molecule has 3 atom stereocenters. The van der Waals surface area contributed by atoms with Crippen LogP contribution in [0.15, 0.2) is 24.3 Å². The van der Waals surface area contributed by atoms with Gasteiger partial charge in [-0.3, -0.25) is 0 Å². The fourth-order valence-electron chi connectivity index (χ4n) is 5.16. The first kappa shape index (κ1) is 19.9. The molecule has 3 aliphatic rings. The van der Waals surface area contributed by atoms with E-state index >= 15 is 0 Å². The summed E-state index contributed by atoms with van der Waals surface area (Å²) in [4.78, 5) is 0. The van der Waals surface area contributed by atoms with Gasteiger partial charge >= 0.3 is 6.18 Å². The smallest absolute Gasteiger partial charge is 0.392 e. The number of hydrogen-bond acceptors (Lipinski definition) is 3. The largest absolute Gasteiger partial charge is 0.402 e. The average molecular weight is 416 g/mol. The lowest BCUT2D eigenvalue weighted by molar-refractivity contribution is -0.136. The molecule has 1 heterocycles. The zero-order chi connectivity index (χ0) is 20.2. The number of benzene rings is 1. The Hall–Kier alpha value is -1.42. The predicted octanol–water partition coefficient (Wildman–Crippen LogP) is 2.27. The summed E-state index contributed by atoms with van der Waals surface area (Å²) < 4.78 is 66.9. The number of rotatable bonds is 3. The minimum absolute atomic E-state index is 0.0226. The van der Waals surface area contributed by atoms with Gasteiger partial charge in [-0.1, -0.05) is 30.4 Å². The zero-order valence-electron chi connectivity index (χ0n) is 15.2. The molecule has 5 nitrogen and oxygen atoms in total. The summed E-state index contributed by atoms with van der Waals surface area (Å²) in [5, 5.41) is 8.95. The molecular formula is C19H23F3N2O3S. The second-order valence-corrected chi connectivity index (χ2v) is 9.69. The number of fused-ring (bicyclic) bond motifs is 1. The van der Waals surface area contributed by atoms with Gasteiger partial charge in [-0.05, 0) is 54.2 Å². The average Bonchev–Trinajstić information content (AvgIpc) is 2.97. The zero-order valence-corrected chi connectivity index (χ0v) is 16.1. The molecule has 0 amide bonds. The molecule has 0 unspecified atom stereocenters. The van der Waals surface area contributed by atoms with Gasteiger partial charge in [-0.2, -0.15) is 30.6 Å². The number of nitrogens with zero attached hydrogens (tertiary/aromatic N) is 1.